The molecule has 0 bridgehead atoms. The largest absolute Gasteiger partial charge is 0.374 e. The van der Waals surface area contributed by atoms with Crippen LogP contribution >= 0.6 is 11.6 Å². The van der Waals surface area contributed by atoms with Crippen LogP contribution in [0.4, 0.5) is 0 Å². The van der Waals surface area contributed by atoms with Gasteiger partial charge in [0.05, 0.1) is 44.9 Å². The lowest BCUT2D eigenvalue weighted by Crippen LogP contribution is -2.58. The molecule has 1 aliphatic heterocycles. The summed E-state index contributed by atoms with van der Waals surface area (Å²) in [7, 11) is 0. The first-order valence-electron chi connectivity index (χ1n) is 19.9. The van der Waals surface area contributed by atoms with Gasteiger partial charge in [0.2, 0.25) is 0 Å². The average Bonchev–Trinajstić information content (AvgIpc) is 3.30. The van der Waals surface area contributed by atoms with Crippen molar-refractivity contribution in [3.8, 4) is 11.3 Å². The number of benzene rings is 6. The lowest BCUT2D eigenvalue weighted by Gasteiger charge is -2.46. The fourth-order valence-electron chi connectivity index (χ4n) is 7.30. The maximum absolute atomic E-state index is 7.18. The van der Waals surface area contributed by atoms with Crippen LogP contribution in [0.1, 0.15) is 45.3 Å². The highest BCUT2D eigenvalue weighted by molar-refractivity contribution is 6.31. The molecule has 0 radical (unpaired) electrons. The minimum Gasteiger partial charge on any atom is -0.374 e. The predicted molar refractivity (Wildman–Crippen MR) is 228 cm³/mol. The molecule has 8 rings (SSSR count). The van der Waals surface area contributed by atoms with E-state index in [1.54, 1.807) is 6.20 Å². The molecule has 0 amide bonds. The minimum absolute atomic E-state index is 0.258. The summed E-state index contributed by atoms with van der Waals surface area (Å²) in [5.74, 6) is 0.553. The summed E-state index contributed by atoms with van der Waals surface area (Å²) in [4.78, 5) is 4.85. The highest BCUT2D eigenvalue weighted by Crippen LogP contribution is 2.40. The van der Waals surface area contributed by atoms with Crippen molar-refractivity contribution >= 4 is 11.6 Å². The molecule has 298 valence electrons. The van der Waals surface area contributed by atoms with Crippen molar-refractivity contribution in [2.24, 2.45) is 0 Å². The molecule has 1 aliphatic rings. The highest BCUT2D eigenvalue weighted by Gasteiger charge is 2.49. The standard InChI is InChI=1S/C50H46ClN3O5/c51-43-27-26-41(28-42(43)29-46-53-44(30-52-54-46)40-24-14-5-15-25-40)47-49(57-33-38-20-10-3-11-21-38)50(58-34-39-22-12-4-13-23-39)48(56-32-37-18-8-2-9-19-37)45(59-47)35-55-31-36-16-6-1-7-17-36/h1-28,30,45,47-50H,29,31-35H2. The van der Waals surface area contributed by atoms with Crippen molar-refractivity contribution in [2.75, 3.05) is 6.61 Å². The Morgan fingerprint density at radius 2 is 1.05 bits per heavy atom. The molecular weight excluding hydrogens is 758 g/mol. The molecule has 9 heteroatoms. The first-order chi connectivity index (χ1) is 29.2. The van der Waals surface area contributed by atoms with Crippen LogP contribution in [0.3, 0.4) is 0 Å². The zero-order chi connectivity index (χ0) is 40.1. The Kier molecular flexibility index (Phi) is 13.9. The number of ether oxygens (including phenoxy) is 5. The Labute approximate surface area is 350 Å². The van der Waals surface area contributed by atoms with Crippen molar-refractivity contribution in [3.63, 3.8) is 0 Å². The van der Waals surface area contributed by atoms with Crippen LogP contribution in [-0.4, -0.2) is 46.2 Å². The van der Waals surface area contributed by atoms with Crippen LogP contribution < -0.4 is 0 Å². The zero-order valence-electron chi connectivity index (χ0n) is 32.6. The third-order valence-corrected chi connectivity index (χ3v) is 10.7. The van der Waals surface area contributed by atoms with Gasteiger partial charge in [-0.25, -0.2) is 4.98 Å². The van der Waals surface area contributed by atoms with Crippen LogP contribution in [0.2, 0.25) is 5.02 Å². The molecule has 1 aromatic heterocycles. The van der Waals surface area contributed by atoms with E-state index in [4.69, 9.17) is 40.3 Å². The van der Waals surface area contributed by atoms with Crippen molar-refractivity contribution in [1.82, 2.24) is 15.2 Å². The predicted octanol–water partition coefficient (Wildman–Crippen LogP) is 10.2. The lowest BCUT2D eigenvalue weighted by molar-refractivity contribution is -0.275. The molecular formula is C50H46ClN3O5. The summed E-state index contributed by atoms with van der Waals surface area (Å²) in [6.45, 7) is 1.71. The van der Waals surface area contributed by atoms with E-state index in [0.29, 0.717) is 43.7 Å². The monoisotopic (exact) mass is 803 g/mol. The van der Waals surface area contributed by atoms with Crippen molar-refractivity contribution < 1.29 is 23.7 Å². The van der Waals surface area contributed by atoms with E-state index >= 15 is 0 Å². The number of rotatable bonds is 17. The van der Waals surface area contributed by atoms with Gasteiger partial charge >= 0.3 is 0 Å². The molecule has 2 heterocycles. The fourth-order valence-corrected chi connectivity index (χ4v) is 7.48. The third-order valence-electron chi connectivity index (χ3n) is 10.3. The molecule has 8 nitrogen and oxygen atoms in total. The summed E-state index contributed by atoms with van der Waals surface area (Å²) >= 11 is 6.93. The van der Waals surface area contributed by atoms with Gasteiger partial charge in [0.15, 0.2) is 5.82 Å². The quantitative estimate of drug-likeness (QED) is 0.0900. The van der Waals surface area contributed by atoms with Crippen molar-refractivity contribution in [2.45, 2.75) is 63.4 Å². The smallest absolute Gasteiger partial charge is 0.156 e. The van der Waals surface area contributed by atoms with Crippen LogP contribution in [0.5, 0.6) is 0 Å². The van der Waals surface area contributed by atoms with Gasteiger partial charge in [-0.05, 0) is 39.4 Å². The van der Waals surface area contributed by atoms with E-state index < -0.39 is 30.5 Å². The van der Waals surface area contributed by atoms with Gasteiger partial charge in [-0.2, -0.15) is 5.10 Å². The first-order valence-corrected chi connectivity index (χ1v) is 20.3. The van der Waals surface area contributed by atoms with Gasteiger partial charge in [0.1, 0.15) is 30.5 Å². The maximum Gasteiger partial charge on any atom is 0.156 e. The Morgan fingerprint density at radius 1 is 0.542 bits per heavy atom. The van der Waals surface area contributed by atoms with E-state index in [1.165, 1.54) is 0 Å². The summed E-state index contributed by atoms with van der Waals surface area (Å²) in [6.07, 6.45) is -0.805. The zero-order valence-corrected chi connectivity index (χ0v) is 33.4. The maximum atomic E-state index is 7.18. The molecule has 6 aromatic carbocycles. The van der Waals surface area contributed by atoms with Gasteiger partial charge in [-0.15, -0.1) is 5.10 Å². The van der Waals surface area contributed by atoms with E-state index in [0.717, 1.165) is 44.6 Å². The molecule has 5 unspecified atom stereocenters. The second-order valence-corrected chi connectivity index (χ2v) is 14.9. The van der Waals surface area contributed by atoms with Crippen molar-refractivity contribution in [3.05, 3.63) is 220 Å². The number of aromatic nitrogens is 3. The number of halogens is 1. The van der Waals surface area contributed by atoms with Crippen molar-refractivity contribution in [1.29, 1.82) is 0 Å². The Morgan fingerprint density at radius 3 is 1.63 bits per heavy atom. The van der Waals surface area contributed by atoms with Crippen LogP contribution in [0.15, 0.2) is 176 Å². The normalized spacial score (nSPS) is 19.0. The molecule has 1 fully saturated rings. The number of nitrogens with zero attached hydrogens (tertiary/aromatic N) is 3. The molecule has 59 heavy (non-hydrogen) atoms. The molecule has 5 atom stereocenters. The third kappa shape index (κ3) is 10.9. The summed E-state index contributed by atoms with van der Waals surface area (Å²) < 4.78 is 34.4. The lowest BCUT2D eigenvalue weighted by atomic mass is 9.89. The van der Waals surface area contributed by atoms with Crippen LogP contribution in [0.25, 0.3) is 11.3 Å². The van der Waals surface area contributed by atoms with E-state index in [9.17, 15) is 0 Å². The molecule has 7 aromatic rings. The highest BCUT2D eigenvalue weighted by atomic mass is 35.5. The molecule has 0 spiro atoms. The first kappa shape index (κ1) is 40.2. The van der Waals surface area contributed by atoms with E-state index in [2.05, 4.69) is 64.8 Å². The van der Waals surface area contributed by atoms with Crippen LogP contribution in [-0.2, 0) is 56.5 Å². The molecule has 1 saturated heterocycles. The Balaban J connectivity index is 1.16. The molecule has 0 saturated carbocycles. The molecule has 0 aliphatic carbocycles. The van der Waals surface area contributed by atoms with E-state index in [-0.39, 0.29) is 6.61 Å². The summed E-state index contributed by atoms with van der Waals surface area (Å²) in [5.41, 5.74) is 7.59. The Hall–Kier alpha value is -5.58. The average molecular weight is 804 g/mol. The second-order valence-electron chi connectivity index (χ2n) is 14.5. The second kappa shape index (κ2) is 20.4. The number of hydrogen-bond donors (Lipinski definition) is 0. The van der Waals surface area contributed by atoms with Gasteiger partial charge < -0.3 is 23.7 Å². The molecule has 0 N–H and O–H groups in total. The van der Waals surface area contributed by atoms with Gasteiger partial charge in [-0.3, -0.25) is 0 Å². The van der Waals surface area contributed by atoms with E-state index in [1.807, 2.05) is 115 Å². The van der Waals surface area contributed by atoms with Crippen LogP contribution in [0, 0.1) is 0 Å². The van der Waals surface area contributed by atoms with Gasteiger partial charge in [0, 0.05) is 17.0 Å². The number of hydrogen-bond acceptors (Lipinski definition) is 8. The Bertz CT molecular complexity index is 2320. The van der Waals surface area contributed by atoms with Gasteiger partial charge in [-0.1, -0.05) is 175 Å². The van der Waals surface area contributed by atoms with Gasteiger partial charge in [0.25, 0.3) is 0 Å². The topological polar surface area (TPSA) is 84.8 Å². The minimum atomic E-state index is -0.599. The fraction of sp³-hybridized carbons (Fsp3) is 0.220. The summed E-state index contributed by atoms with van der Waals surface area (Å²) in [6, 6.07) is 56.5. The SMILES string of the molecule is Clc1ccc(C2OC(COCc3ccccc3)C(OCc3ccccc3)C(OCc3ccccc3)C2OCc2ccccc2)cc1Cc1nncc(-c2ccccc2)n1. The summed E-state index contributed by atoms with van der Waals surface area (Å²) in [5, 5.41) is 9.25.